The Morgan fingerprint density at radius 2 is 1.63 bits per heavy atom. The number of rotatable bonds is 9. The summed E-state index contributed by atoms with van der Waals surface area (Å²) in [6.45, 7) is 5.02. The zero-order chi connectivity index (χ0) is 21.7. The highest BCUT2D eigenvalue weighted by Gasteiger charge is 2.19. The van der Waals surface area contributed by atoms with E-state index in [9.17, 15) is 8.42 Å². The molecule has 1 aromatic heterocycles. The van der Waals surface area contributed by atoms with Crippen LogP contribution in [0.4, 0.5) is 0 Å². The van der Waals surface area contributed by atoms with Crippen LogP contribution in [0.25, 0.3) is 22.9 Å². The SMILES string of the molecule is CCCOc1ccc(-c2nnc(-c3cccc(S(=O)(=O)N(C)C)c3)o2)cc1OCC. The van der Waals surface area contributed by atoms with Crippen LogP contribution in [0.15, 0.2) is 51.8 Å². The summed E-state index contributed by atoms with van der Waals surface area (Å²) in [6.07, 6.45) is 0.892. The van der Waals surface area contributed by atoms with E-state index in [1.54, 1.807) is 18.2 Å². The summed E-state index contributed by atoms with van der Waals surface area (Å²) in [5, 5.41) is 8.19. The Hall–Kier alpha value is -2.91. The molecule has 0 amide bonds. The van der Waals surface area contributed by atoms with Crippen LogP contribution in [-0.4, -0.2) is 50.2 Å². The van der Waals surface area contributed by atoms with Gasteiger partial charge in [0.25, 0.3) is 0 Å². The van der Waals surface area contributed by atoms with Gasteiger partial charge in [-0.15, -0.1) is 10.2 Å². The standard InChI is InChI=1S/C21H25N3O5S/c1-5-12-28-18-11-10-16(14-19(18)27-6-2)21-23-22-20(29-21)15-8-7-9-17(13-15)30(25,26)24(3)4/h7-11,13-14H,5-6,12H2,1-4H3. The van der Waals surface area contributed by atoms with Gasteiger partial charge in [-0.25, -0.2) is 12.7 Å². The molecule has 0 radical (unpaired) electrons. The number of hydrogen-bond acceptors (Lipinski definition) is 7. The van der Waals surface area contributed by atoms with Crippen molar-refractivity contribution in [2.75, 3.05) is 27.3 Å². The van der Waals surface area contributed by atoms with Crippen LogP contribution in [0.1, 0.15) is 20.3 Å². The minimum Gasteiger partial charge on any atom is -0.490 e. The lowest BCUT2D eigenvalue weighted by molar-refractivity contribution is 0.277. The lowest BCUT2D eigenvalue weighted by Crippen LogP contribution is -2.22. The molecule has 0 fully saturated rings. The van der Waals surface area contributed by atoms with E-state index in [1.807, 2.05) is 26.0 Å². The zero-order valence-electron chi connectivity index (χ0n) is 17.5. The van der Waals surface area contributed by atoms with Crippen molar-refractivity contribution in [2.24, 2.45) is 0 Å². The summed E-state index contributed by atoms with van der Waals surface area (Å²) in [5.74, 6) is 1.78. The Labute approximate surface area is 176 Å². The fraction of sp³-hybridized carbons (Fsp3) is 0.333. The van der Waals surface area contributed by atoms with E-state index in [2.05, 4.69) is 10.2 Å². The largest absolute Gasteiger partial charge is 0.490 e. The monoisotopic (exact) mass is 431 g/mol. The molecule has 0 saturated heterocycles. The van der Waals surface area contributed by atoms with E-state index < -0.39 is 10.0 Å². The molecule has 0 saturated carbocycles. The third kappa shape index (κ3) is 4.63. The van der Waals surface area contributed by atoms with Crippen molar-refractivity contribution < 1.29 is 22.3 Å². The Bertz CT molecular complexity index is 1110. The van der Waals surface area contributed by atoms with Crippen LogP contribution < -0.4 is 9.47 Å². The Balaban J connectivity index is 1.93. The van der Waals surface area contributed by atoms with Gasteiger partial charge in [0.05, 0.1) is 18.1 Å². The fourth-order valence-electron chi connectivity index (χ4n) is 2.70. The second kappa shape index (κ2) is 9.27. The molecule has 160 valence electrons. The second-order valence-electron chi connectivity index (χ2n) is 6.67. The fourth-order valence-corrected chi connectivity index (χ4v) is 3.65. The van der Waals surface area contributed by atoms with Crippen LogP contribution in [0, 0.1) is 0 Å². The van der Waals surface area contributed by atoms with Gasteiger partial charge >= 0.3 is 0 Å². The summed E-state index contributed by atoms with van der Waals surface area (Å²) >= 11 is 0. The van der Waals surface area contributed by atoms with Crippen molar-refractivity contribution in [1.29, 1.82) is 0 Å². The van der Waals surface area contributed by atoms with Crippen molar-refractivity contribution in [2.45, 2.75) is 25.2 Å². The number of hydrogen-bond donors (Lipinski definition) is 0. The van der Waals surface area contributed by atoms with Crippen molar-refractivity contribution in [3.05, 3.63) is 42.5 Å². The molecule has 0 atom stereocenters. The van der Waals surface area contributed by atoms with Gasteiger partial charge in [-0.1, -0.05) is 13.0 Å². The molecule has 9 heteroatoms. The summed E-state index contributed by atoms with van der Waals surface area (Å²) < 4.78 is 43.1. The zero-order valence-corrected chi connectivity index (χ0v) is 18.3. The van der Waals surface area contributed by atoms with Crippen LogP contribution in [0.3, 0.4) is 0 Å². The van der Waals surface area contributed by atoms with Crippen LogP contribution >= 0.6 is 0 Å². The van der Waals surface area contributed by atoms with Gasteiger partial charge in [-0.2, -0.15) is 0 Å². The first-order chi connectivity index (χ1) is 14.4. The first-order valence-electron chi connectivity index (χ1n) is 9.63. The first-order valence-corrected chi connectivity index (χ1v) is 11.1. The van der Waals surface area contributed by atoms with Gasteiger partial charge in [-0.3, -0.25) is 0 Å². The second-order valence-corrected chi connectivity index (χ2v) is 8.82. The molecule has 1 heterocycles. The Morgan fingerprint density at radius 1 is 0.933 bits per heavy atom. The average Bonchev–Trinajstić information content (AvgIpc) is 3.23. The Kier molecular flexibility index (Phi) is 6.73. The van der Waals surface area contributed by atoms with Gasteiger partial charge in [0.2, 0.25) is 21.8 Å². The van der Waals surface area contributed by atoms with Gasteiger partial charge in [0.1, 0.15) is 0 Å². The molecule has 0 bridgehead atoms. The van der Waals surface area contributed by atoms with E-state index in [4.69, 9.17) is 13.9 Å². The molecule has 0 N–H and O–H groups in total. The number of aromatic nitrogens is 2. The number of nitrogens with zero attached hydrogens (tertiary/aromatic N) is 3. The predicted octanol–water partition coefficient (Wildman–Crippen LogP) is 3.84. The number of sulfonamides is 1. The molecule has 0 unspecified atom stereocenters. The third-order valence-corrected chi connectivity index (χ3v) is 6.05. The maximum atomic E-state index is 12.4. The van der Waals surface area contributed by atoms with Crippen LogP contribution in [0.5, 0.6) is 11.5 Å². The lowest BCUT2D eigenvalue weighted by Gasteiger charge is -2.12. The van der Waals surface area contributed by atoms with Gasteiger partial charge in [0.15, 0.2) is 11.5 Å². The van der Waals surface area contributed by atoms with Crippen molar-refractivity contribution in [1.82, 2.24) is 14.5 Å². The highest BCUT2D eigenvalue weighted by Crippen LogP contribution is 2.33. The minimum absolute atomic E-state index is 0.154. The predicted molar refractivity (Wildman–Crippen MR) is 113 cm³/mol. The molecule has 8 nitrogen and oxygen atoms in total. The van der Waals surface area contributed by atoms with E-state index in [0.29, 0.717) is 41.7 Å². The number of ether oxygens (including phenoxy) is 2. The van der Waals surface area contributed by atoms with E-state index in [1.165, 1.54) is 26.2 Å². The molecule has 30 heavy (non-hydrogen) atoms. The molecule has 0 aliphatic rings. The molecule has 3 aromatic rings. The topological polar surface area (TPSA) is 94.8 Å². The highest BCUT2D eigenvalue weighted by atomic mass is 32.2. The van der Waals surface area contributed by atoms with Gasteiger partial charge < -0.3 is 13.9 Å². The molecule has 0 aliphatic carbocycles. The summed E-state index contributed by atoms with van der Waals surface area (Å²) in [4.78, 5) is 0.154. The molecule has 2 aromatic carbocycles. The highest BCUT2D eigenvalue weighted by molar-refractivity contribution is 7.89. The minimum atomic E-state index is -3.56. The maximum absolute atomic E-state index is 12.4. The first kappa shape index (κ1) is 21.8. The van der Waals surface area contributed by atoms with Crippen molar-refractivity contribution in [3.8, 4) is 34.4 Å². The molecular formula is C21H25N3O5S. The van der Waals surface area contributed by atoms with Crippen molar-refractivity contribution >= 4 is 10.0 Å². The van der Waals surface area contributed by atoms with E-state index in [0.717, 1.165) is 10.7 Å². The van der Waals surface area contributed by atoms with Crippen LogP contribution in [-0.2, 0) is 10.0 Å². The van der Waals surface area contributed by atoms with Gasteiger partial charge in [-0.05, 0) is 49.7 Å². The van der Waals surface area contributed by atoms with E-state index in [-0.39, 0.29) is 10.8 Å². The van der Waals surface area contributed by atoms with Crippen molar-refractivity contribution in [3.63, 3.8) is 0 Å². The molecule has 0 aliphatic heterocycles. The van der Waals surface area contributed by atoms with Crippen LogP contribution in [0.2, 0.25) is 0 Å². The summed E-state index contributed by atoms with van der Waals surface area (Å²) in [5.41, 5.74) is 1.20. The average molecular weight is 432 g/mol. The van der Waals surface area contributed by atoms with Gasteiger partial charge in [0, 0.05) is 25.2 Å². The van der Waals surface area contributed by atoms with E-state index >= 15 is 0 Å². The Morgan fingerprint density at radius 3 is 2.27 bits per heavy atom. The molecule has 0 spiro atoms. The number of benzene rings is 2. The molecular weight excluding hydrogens is 406 g/mol. The maximum Gasteiger partial charge on any atom is 0.248 e. The third-order valence-electron chi connectivity index (χ3n) is 4.24. The normalized spacial score (nSPS) is 11.6. The summed E-state index contributed by atoms with van der Waals surface area (Å²) in [7, 11) is -0.599. The quantitative estimate of drug-likeness (QED) is 0.508. The smallest absolute Gasteiger partial charge is 0.248 e. The summed E-state index contributed by atoms with van der Waals surface area (Å²) in [6, 6.07) is 11.8. The lowest BCUT2D eigenvalue weighted by atomic mass is 10.2. The molecule has 3 rings (SSSR count).